The molecule has 0 radical (unpaired) electrons. The van der Waals surface area contributed by atoms with E-state index in [4.69, 9.17) is 0 Å². The van der Waals surface area contributed by atoms with Crippen molar-refractivity contribution < 1.29 is 13.2 Å². The molecule has 138 valence electrons. The Morgan fingerprint density at radius 3 is 2.48 bits per heavy atom. The predicted octanol–water partition coefficient (Wildman–Crippen LogP) is 3.95. The first kappa shape index (κ1) is 19.2. The standard InChI is InChI=1S/C19H16BrN3O3S/c1-2-27(25,26)18-10-9-17(22-23-18)13-5-4-8-16(12-13)21-19(24)14-6-3-7-15(20)11-14/h3-12H,2H2,1H3,(H,21,24). The van der Waals surface area contributed by atoms with Crippen LogP contribution in [0.25, 0.3) is 11.3 Å². The number of carbonyl (C=O) groups excluding carboxylic acids is 1. The molecule has 3 rings (SSSR count). The van der Waals surface area contributed by atoms with Gasteiger partial charge in [-0.1, -0.05) is 41.1 Å². The van der Waals surface area contributed by atoms with Gasteiger partial charge >= 0.3 is 0 Å². The van der Waals surface area contributed by atoms with E-state index in [0.29, 0.717) is 16.9 Å². The number of amides is 1. The van der Waals surface area contributed by atoms with Gasteiger partial charge in [-0.2, -0.15) is 0 Å². The van der Waals surface area contributed by atoms with Gasteiger partial charge in [-0.25, -0.2) is 8.42 Å². The Labute approximate surface area is 165 Å². The molecule has 1 amide bonds. The minimum Gasteiger partial charge on any atom is -0.322 e. The van der Waals surface area contributed by atoms with Crippen LogP contribution in [0.5, 0.6) is 0 Å². The summed E-state index contributed by atoms with van der Waals surface area (Å²) in [6.45, 7) is 1.56. The first-order valence-corrected chi connectivity index (χ1v) is 10.6. The molecule has 1 heterocycles. The average molecular weight is 446 g/mol. The molecule has 0 bridgehead atoms. The van der Waals surface area contributed by atoms with E-state index in [0.717, 1.165) is 10.0 Å². The Kier molecular flexibility index (Phi) is 5.67. The Bertz CT molecular complexity index is 1080. The first-order chi connectivity index (χ1) is 12.9. The van der Waals surface area contributed by atoms with Gasteiger partial charge in [0.25, 0.3) is 5.91 Å². The number of nitrogens with zero attached hydrogens (tertiary/aromatic N) is 2. The summed E-state index contributed by atoms with van der Waals surface area (Å²) in [7, 11) is -3.39. The molecule has 0 fully saturated rings. The van der Waals surface area contributed by atoms with Crippen molar-refractivity contribution >= 4 is 37.4 Å². The molecule has 6 nitrogen and oxygen atoms in total. The molecule has 1 aromatic heterocycles. The van der Waals surface area contributed by atoms with E-state index >= 15 is 0 Å². The number of anilines is 1. The second kappa shape index (κ2) is 7.98. The van der Waals surface area contributed by atoms with Gasteiger partial charge < -0.3 is 5.32 Å². The molecule has 0 unspecified atom stereocenters. The summed E-state index contributed by atoms with van der Waals surface area (Å²) in [5.74, 6) is -0.262. The summed E-state index contributed by atoms with van der Waals surface area (Å²) in [4.78, 5) is 12.4. The Morgan fingerprint density at radius 1 is 1.04 bits per heavy atom. The smallest absolute Gasteiger partial charge is 0.255 e. The number of aromatic nitrogens is 2. The number of halogens is 1. The molecule has 0 atom stereocenters. The minimum absolute atomic E-state index is 0.0296. The molecule has 0 aliphatic rings. The van der Waals surface area contributed by atoms with Crippen LogP contribution in [0.15, 0.2) is 70.2 Å². The molecular formula is C19H16BrN3O3S. The maximum atomic E-state index is 12.4. The van der Waals surface area contributed by atoms with Crippen LogP contribution in [0.2, 0.25) is 0 Å². The number of sulfone groups is 1. The fraction of sp³-hybridized carbons (Fsp3) is 0.105. The van der Waals surface area contributed by atoms with Crippen molar-refractivity contribution in [2.75, 3.05) is 11.1 Å². The van der Waals surface area contributed by atoms with Gasteiger partial charge in [0.05, 0.1) is 11.4 Å². The summed E-state index contributed by atoms with van der Waals surface area (Å²) < 4.78 is 24.5. The zero-order valence-electron chi connectivity index (χ0n) is 14.4. The summed E-state index contributed by atoms with van der Waals surface area (Å²) in [6, 6.07) is 17.3. The van der Waals surface area contributed by atoms with E-state index in [1.807, 2.05) is 12.1 Å². The van der Waals surface area contributed by atoms with Crippen LogP contribution in [0, 0.1) is 0 Å². The fourth-order valence-electron chi connectivity index (χ4n) is 2.38. The van der Waals surface area contributed by atoms with E-state index in [1.54, 1.807) is 49.4 Å². The van der Waals surface area contributed by atoms with Gasteiger partial charge in [-0.3, -0.25) is 4.79 Å². The SMILES string of the molecule is CCS(=O)(=O)c1ccc(-c2cccc(NC(=O)c3cccc(Br)c3)c2)nn1. The third-order valence-corrected chi connectivity index (χ3v) is 5.95. The molecule has 3 aromatic rings. The minimum atomic E-state index is -3.39. The fourth-order valence-corrected chi connectivity index (χ4v) is 3.51. The number of carbonyl (C=O) groups is 1. The maximum Gasteiger partial charge on any atom is 0.255 e. The van der Waals surface area contributed by atoms with Crippen molar-refractivity contribution in [3.63, 3.8) is 0 Å². The number of rotatable bonds is 5. The molecule has 1 N–H and O–H groups in total. The molecule has 0 aliphatic carbocycles. The summed E-state index contributed by atoms with van der Waals surface area (Å²) in [6.07, 6.45) is 0. The van der Waals surface area contributed by atoms with Crippen LogP contribution in [0.1, 0.15) is 17.3 Å². The zero-order chi connectivity index (χ0) is 19.4. The lowest BCUT2D eigenvalue weighted by atomic mass is 10.1. The van der Waals surface area contributed by atoms with E-state index < -0.39 is 9.84 Å². The Balaban J connectivity index is 1.82. The molecule has 8 heteroatoms. The Hall–Kier alpha value is -2.58. The Morgan fingerprint density at radius 2 is 1.81 bits per heavy atom. The van der Waals surface area contributed by atoms with E-state index in [1.165, 1.54) is 6.07 Å². The van der Waals surface area contributed by atoms with Gasteiger partial charge in [-0.05, 0) is 42.5 Å². The summed E-state index contributed by atoms with van der Waals surface area (Å²) in [5.41, 5.74) is 2.37. The molecule has 0 saturated heterocycles. The van der Waals surface area contributed by atoms with Crippen molar-refractivity contribution in [3.05, 3.63) is 70.7 Å². The highest BCUT2D eigenvalue weighted by Crippen LogP contribution is 2.22. The lowest BCUT2D eigenvalue weighted by Gasteiger charge is -2.08. The number of nitrogens with one attached hydrogen (secondary N) is 1. The molecule has 0 spiro atoms. The van der Waals surface area contributed by atoms with Crippen LogP contribution in [0.4, 0.5) is 5.69 Å². The average Bonchev–Trinajstić information content (AvgIpc) is 2.68. The molecule has 0 saturated carbocycles. The zero-order valence-corrected chi connectivity index (χ0v) is 16.8. The second-order valence-corrected chi connectivity index (χ2v) is 8.85. The maximum absolute atomic E-state index is 12.4. The molecular weight excluding hydrogens is 430 g/mol. The lowest BCUT2D eigenvalue weighted by Crippen LogP contribution is -2.11. The third kappa shape index (κ3) is 4.58. The van der Waals surface area contributed by atoms with E-state index in [9.17, 15) is 13.2 Å². The van der Waals surface area contributed by atoms with Crippen molar-refractivity contribution in [2.24, 2.45) is 0 Å². The van der Waals surface area contributed by atoms with Gasteiger partial charge in [0.1, 0.15) is 0 Å². The van der Waals surface area contributed by atoms with Gasteiger partial charge in [0, 0.05) is 21.3 Å². The highest BCUT2D eigenvalue weighted by molar-refractivity contribution is 9.10. The van der Waals surface area contributed by atoms with Crippen LogP contribution < -0.4 is 5.32 Å². The largest absolute Gasteiger partial charge is 0.322 e. The van der Waals surface area contributed by atoms with Crippen molar-refractivity contribution in [2.45, 2.75) is 11.9 Å². The van der Waals surface area contributed by atoms with Gasteiger partial charge in [0.15, 0.2) is 14.9 Å². The summed E-state index contributed by atoms with van der Waals surface area (Å²) >= 11 is 3.34. The van der Waals surface area contributed by atoms with E-state index in [-0.39, 0.29) is 16.7 Å². The van der Waals surface area contributed by atoms with E-state index in [2.05, 4.69) is 31.4 Å². The quantitative estimate of drug-likeness (QED) is 0.641. The second-order valence-electron chi connectivity index (χ2n) is 5.71. The predicted molar refractivity (Wildman–Crippen MR) is 107 cm³/mol. The van der Waals surface area contributed by atoms with Crippen LogP contribution in [0.3, 0.4) is 0 Å². The van der Waals surface area contributed by atoms with Crippen molar-refractivity contribution in [3.8, 4) is 11.3 Å². The highest BCUT2D eigenvalue weighted by atomic mass is 79.9. The van der Waals surface area contributed by atoms with Crippen molar-refractivity contribution in [1.29, 1.82) is 0 Å². The number of benzene rings is 2. The van der Waals surface area contributed by atoms with Crippen molar-refractivity contribution in [1.82, 2.24) is 10.2 Å². The monoisotopic (exact) mass is 445 g/mol. The van der Waals surface area contributed by atoms with Crippen LogP contribution in [-0.2, 0) is 9.84 Å². The topological polar surface area (TPSA) is 89.0 Å². The van der Waals surface area contributed by atoms with Crippen LogP contribution in [-0.4, -0.2) is 30.3 Å². The van der Waals surface area contributed by atoms with Gasteiger partial charge in [0.2, 0.25) is 0 Å². The number of hydrogen-bond donors (Lipinski definition) is 1. The molecule has 0 aliphatic heterocycles. The van der Waals surface area contributed by atoms with Crippen LogP contribution >= 0.6 is 15.9 Å². The lowest BCUT2D eigenvalue weighted by molar-refractivity contribution is 0.102. The molecule has 27 heavy (non-hydrogen) atoms. The van der Waals surface area contributed by atoms with Gasteiger partial charge in [-0.15, -0.1) is 10.2 Å². The summed E-state index contributed by atoms with van der Waals surface area (Å²) in [5, 5.41) is 10.6. The third-order valence-electron chi connectivity index (χ3n) is 3.84. The molecule has 2 aromatic carbocycles. The highest BCUT2D eigenvalue weighted by Gasteiger charge is 2.14. The number of hydrogen-bond acceptors (Lipinski definition) is 5. The normalized spacial score (nSPS) is 11.2. The first-order valence-electron chi connectivity index (χ1n) is 8.13.